The van der Waals surface area contributed by atoms with Crippen molar-refractivity contribution < 1.29 is 4.39 Å². The molecule has 4 nitrogen and oxygen atoms in total. The molecule has 146 valence electrons. The molecule has 4 aromatic carbocycles. The number of rotatable bonds is 4. The van der Waals surface area contributed by atoms with E-state index in [9.17, 15) is 4.39 Å². The molecule has 0 aliphatic heterocycles. The van der Waals surface area contributed by atoms with Crippen molar-refractivity contribution in [2.75, 3.05) is 11.1 Å². The SMILES string of the molecule is Nc1cccc(Sc2nc3cc4ccccc4cc3nc2Nc2cccc(F)c2)c1. The standard InChI is InChI=1S/C24H17FN4S/c25-17-7-3-9-19(13-17)27-23-24(30-20-10-4-8-18(26)14-20)29-22-12-16-6-2-1-5-15(16)11-21(22)28-23/h1-14H,26H2,(H,27,28). The first-order valence-corrected chi connectivity index (χ1v) is 10.2. The molecule has 0 unspecified atom stereocenters. The van der Waals surface area contributed by atoms with Gasteiger partial charge in [0, 0.05) is 16.3 Å². The topological polar surface area (TPSA) is 63.8 Å². The van der Waals surface area contributed by atoms with Crippen molar-refractivity contribution in [1.29, 1.82) is 0 Å². The van der Waals surface area contributed by atoms with Gasteiger partial charge in [-0.3, -0.25) is 0 Å². The van der Waals surface area contributed by atoms with Crippen LogP contribution in [-0.4, -0.2) is 9.97 Å². The number of benzene rings is 4. The van der Waals surface area contributed by atoms with Crippen LogP contribution in [-0.2, 0) is 0 Å². The molecular formula is C24H17FN4S. The summed E-state index contributed by atoms with van der Waals surface area (Å²) in [5, 5.41) is 6.10. The number of halogens is 1. The van der Waals surface area contributed by atoms with Crippen LogP contribution < -0.4 is 11.1 Å². The number of aromatic nitrogens is 2. The lowest BCUT2D eigenvalue weighted by atomic mass is 10.1. The van der Waals surface area contributed by atoms with Crippen LogP contribution in [0.15, 0.2) is 94.9 Å². The molecule has 0 bridgehead atoms. The number of nitrogens with two attached hydrogens (primary N) is 1. The lowest BCUT2D eigenvalue weighted by molar-refractivity contribution is 0.628. The van der Waals surface area contributed by atoms with Gasteiger partial charge in [-0.05, 0) is 59.3 Å². The highest BCUT2D eigenvalue weighted by molar-refractivity contribution is 7.99. The van der Waals surface area contributed by atoms with Crippen LogP contribution in [0.1, 0.15) is 0 Å². The van der Waals surface area contributed by atoms with E-state index in [0.29, 0.717) is 22.2 Å². The lowest BCUT2D eigenvalue weighted by Gasteiger charge is -2.12. The molecule has 30 heavy (non-hydrogen) atoms. The molecule has 0 saturated carbocycles. The van der Waals surface area contributed by atoms with Gasteiger partial charge in [0.05, 0.1) is 11.0 Å². The molecule has 0 aliphatic carbocycles. The number of anilines is 3. The highest BCUT2D eigenvalue weighted by Crippen LogP contribution is 2.35. The minimum absolute atomic E-state index is 0.315. The highest BCUT2D eigenvalue weighted by atomic mass is 32.2. The third kappa shape index (κ3) is 3.77. The molecule has 0 amide bonds. The average molecular weight is 412 g/mol. The maximum Gasteiger partial charge on any atom is 0.164 e. The fourth-order valence-electron chi connectivity index (χ4n) is 3.27. The summed E-state index contributed by atoms with van der Waals surface area (Å²) in [6.45, 7) is 0. The molecule has 0 fully saturated rings. The van der Waals surface area contributed by atoms with Crippen LogP contribution >= 0.6 is 11.8 Å². The summed E-state index contributed by atoms with van der Waals surface area (Å²) in [4.78, 5) is 10.6. The molecule has 1 aromatic heterocycles. The zero-order chi connectivity index (χ0) is 20.5. The smallest absolute Gasteiger partial charge is 0.164 e. The Hall–Kier alpha value is -3.64. The van der Waals surface area contributed by atoms with E-state index in [1.165, 1.54) is 23.9 Å². The minimum Gasteiger partial charge on any atom is -0.399 e. The van der Waals surface area contributed by atoms with Crippen molar-refractivity contribution in [1.82, 2.24) is 9.97 Å². The van der Waals surface area contributed by atoms with Crippen LogP contribution in [0.4, 0.5) is 21.6 Å². The predicted octanol–water partition coefficient (Wildman–Crippen LogP) is 6.40. The van der Waals surface area contributed by atoms with Crippen molar-refractivity contribution in [2.45, 2.75) is 9.92 Å². The van der Waals surface area contributed by atoms with E-state index in [2.05, 4.69) is 11.4 Å². The van der Waals surface area contributed by atoms with E-state index in [1.807, 2.05) is 54.6 Å². The van der Waals surface area contributed by atoms with E-state index in [-0.39, 0.29) is 5.82 Å². The fraction of sp³-hybridized carbons (Fsp3) is 0. The quantitative estimate of drug-likeness (QED) is 0.264. The van der Waals surface area contributed by atoms with Crippen LogP contribution in [0.2, 0.25) is 0 Å². The molecular weight excluding hydrogens is 395 g/mol. The maximum absolute atomic E-state index is 13.7. The van der Waals surface area contributed by atoms with E-state index >= 15 is 0 Å². The predicted molar refractivity (Wildman–Crippen MR) is 122 cm³/mol. The van der Waals surface area contributed by atoms with Gasteiger partial charge in [-0.2, -0.15) is 0 Å². The Kier molecular flexibility index (Phi) is 4.69. The zero-order valence-corrected chi connectivity index (χ0v) is 16.7. The molecule has 5 rings (SSSR count). The summed E-state index contributed by atoms with van der Waals surface area (Å²) in [5.41, 5.74) is 8.79. The Balaban J connectivity index is 1.65. The summed E-state index contributed by atoms with van der Waals surface area (Å²) in [7, 11) is 0. The second kappa shape index (κ2) is 7.65. The average Bonchev–Trinajstić information content (AvgIpc) is 2.73. The normalized spacial score (nSPS) is 11.1. The summed E-state index contributed by atoms with van der Waals surface area (Å²) in [5.74, 6) is 0.251. The van der Waals surface area contributed by atoms with E-state index in [0.717, 1.165) is 26.7 Å². The number of fused-ring (bicyclic) bond motifs is 2. The largest absolute Gasteiger partial charge is 0.399 e. The Morgan fingerprint density at radius 3 is 2.23 bits per heavy atom. The molecule has 5 aromatic rings. The van der Waals surface area contributed by atoms with Crippen LogP contribution in [0.5, 0.6) is 0 Å². The van der Waals surface area contributed by atoms with Gasteiger partial charge in [0.25, 0.3) is 0 Å². The Morgan fingerprint density at radius 2 is 1.50 bits per heavy atom. The second-order valence-corrected chi connectivity index (χ2v) is 7.94. The van der Waals surface area contributed by atoms with Crippen molar-refractivity contribution in [3.8, 4) is 0 Å². The van der Waals surface area contributed by atoms with Crippen LogP contribution in [0, 0.1) is 5.82 Å². The monoisotopic (exact) mass is 412 g/mol. The van der Waals surface area contributed by atoms with Gasteiger partial charge in [-0.1, -0.05) is 48.2 Å². The third-order valence-corrected chi connectivity index (χ3v) is 5.63. The molecule has 0 spiro atoms. The number of hydrogen-bond donors (Lipinski definition) is 2. The third-order valence-electron chi connectivity index (χ3n) is 4.66. The van der Waals surface area contributed by atoms with Gasteiger partial charge >= 0.3 is 0 Å². The Morgan fingerprint density at radius 1 is 0.767 bits per heavy atom. The second-order valence-electron chi connectivity index (χ2n) is 6.88. The van der Waals surface area contributed by atoms with Gasteiger partial charge in [0.1, 0.15) is 10.8 Å². The van der Waals surface area contributed by atoms with Gasteiger partial charge < -0.3 is 11.1 Å². The summed E-state index contributed by atoms with van der Waals surface area (Å²) in [6, 6.07) is 26.1. The highest BCUT2D eigenvalue weighted by Gasteiger charge is 2.13. The van der Waals surface area contributed by atoms with Crippen molar-refractivity contribution in [3.63, 3.8) is 0 Å². The van der Waals surface area contributed by atoms with E-state index < -0.39 is 0 Å². The van der Waals surface area contributed by atoms with Crippen molar-refractivity contribution in [2.24, 2.45) is 0 Å². The van der Waals surface area contributed by atoms with Gasteiger partial charge in [-0.25, -0.2) is 14.4 Å². The number of hydrogen-bond acceptors (Lipinski definition) is 5. The van der Waals surface area contributed by atoms with E-state index in [4.69, 9.17) is 15.7 Å². The Labute approximate surface area is 177 Å². The summed E-state index contributed by atoms with van der Waals surface area (Å²) < 4.78 is 13.7. The number of nitrogen functional groups attached to an aromatic ring is 1. The van der Waals surface area contributed by atoms with Crippen molar-refractivity contribution >= 4 is 50.8 Å². The van der Waals surface area contributed by atoms with Crippen LogP contribution in [0.3, 0.4) is 0 Å². The molecule has 0 aliphatic rings. The molecule has 6 heteroatoms. The lowest BCUT2D eigenvalue weighted by Crippen LogP contribution is -2.00. The molecule has 3 N–H and O–H groups in total. The van der Waals surface area contributed by atoms with E-state index in [1.54, 1.807) is 12.1 Å². The van der Waals surface area contributed by atoms with Gasteiger partial charge in [0.15, 0.2) is 5.82 Å². The molecule has 0 atom stereocenters. The first kappa shape index (κ1) is 18.4. The fourth-order valence-corrected chi connectivity index (χ4v) is 4.17. The number of nitrogens with zero attached hydrogens (tertiary/aromatic N) is 2. The minimum atomic E-state index is -0.315. The molecule has 0 radical (unpaired) electrons. The molecule has 1 heterocycles. The maximum atomic E-state index is 13.7. The van der Waals surface area contributed by atoms with Gasteiger partial charge in [-0.15, -0.1) is 0 Å². The first-order valence-electron chi connectivity index (χ1n) is 9.41. The summed E-state index contributed by atoms with van der Waals surface area (Å²) in [6.07, 6.45) is 0. The Bertz CT molecular complexity index is 1280. The van der Waals surface area contributed by atoms with Gasteiger partial charge in [0.2, 0.25) is 0 Å². The zero-order valence-electron chi connectivity index (χ0n) is 15.8. The first-order chi connectivity index (χ1) is 14.6. The summed E-state index contributed by atoms with van der Waals surface area (Å²) >= 11 is 1.46. The number of nitrogens with one attached hydrogen (secondary N) is 1. The molecule has 0 saturated heterocycles. The van der Waals surface area contributed by atoms with Crippen molar-refractivity contribution in [3.05, 3.63) is 90.7 Å². The van der Waals surface area contributed by atoms with Crippen LogP contribution in [0.25, 0.3) is 21.8 Å².